The first-order valence-electron chi connectivity index (χ1n) is 52.0. The summed E-state index contributed by atoms with van der Waals surface area (Å²) in [6, 6.07) is 100. The van der Waals surface area contributed by atoms with Gasteiger partial charge in [0.05, 0.1) is 33.4 Å². The fourth-order valence-corrected chi connectivity index (χ4v) is 23.2. The molecule has 5 heteroatoms. The molecule has 0 bridgehead atoms. The largest absolute Gasteiger partial charge is 0.310 e. The van der Waals surface area contributed by atoms with E-state index in [0.717, 1.165) is 82.0 Å². The summed E-state index contributed by atoms with van der Waals surface area (Å²) < 4.78 is 5.29. The second-order valence-electron chi connectivity index (χ2n) is 55.7. The average Bonchev–Trinajstić information content (AvgIpc) is 1.07. The summed E-state index contributed by atoms with van der Waals surface area (Å²) in [5.41, 5.74) is 42.9. The normalized spacial score (nSPS) is 13.8. The molecular formula is C133H161BN4. The van der Waals surface area contributed by atoms with E-state index in [1.165, 1.54) is 200 Å². The van der Waals surface area contributed by atoms with Gasteiger partial charge in [0.1, 0.15) is 0 Å². The van der Waals surface area contributed by atoms with Gasteiger partial charge in [-0.2, -0.15) is 0 Å². The van der Waals surface area contributed by atoms with Gasteiger partial charge in [0.15, 0.2) is 0 Å². The first kappa shape index (κ1) is 98.7. The second-order valence-corrected chi connectivity index (χ2v) is 55.7. The van der Waals surface area contributed by atoms with E-state index in [1.807, 2.05) is 0 Å². The molecule has 138 heavy (non-hydrogen) atoms. The quantitative estimate of drug-likeness (QED) is 0.0750. The Hall–Kier alpha value is -10.9. The topological polar surface area (TPSA) is 16.3 Å². The summed E-state index contributed by atoms with van der Waals surface area (Å²) in [6.07, 6.45) is 10.2. The Balaban J connectivity index is 1.10. The highest BCUT2D eigenvalue weighted by Crippen LogP contribution is 2.57. The lowest BCUT2D eigenvalue weighted by Crippen LogP contribution is -2.61. The maximum Gasteiger partial charge on any atom is 0.252 e. The Morgan fingerprint density at radius 2 is 0.399 bits per heavy atom. The Bertz CT molecular complexity index is 6450. The van der Waals surface area contributed by atoms with Gasteiger partial charge in [-0.3, -0.25) is 0 Å². The minimum Gasteiger partial charge on any atom is -0.310 e. The lowest BCUT2D eigenvalue weighted by Gasteiger charge is -2.46. The number of rotatable bonds is 19. The predicted molar refractivity (Wildman–Crippen MR) is 606 cm³/mol. The van der Waals surface area contributed by atoms with Gasteiger partial charge in [-0.1, -0.05) is 362 Å². The average molecular weight is 1830 g/mol. The van der Waals surface area contributed by atoms with Crippen LogP contribution in [0.25, 0.3) is 99.5 Å². The van der Waals surface area contributed by atoms with Gasteiger partial charge in [-0.25, -0.2) is 0 Å². The van der Waals surface area contributed by atoms with Crippen molar-refractivity contribution in [3.8, 4) is 55.9 Å². The maximum atomic E-state index is 2.88. The molecule has 0 N–H and O–H groups in total. The van der Waals surface area contributed by atoms with Gasteiger partial charge >= 0.3 is 0 Å². The van der Waals surface area contributed by atoms with Crippen LogP contribution in [-0.2, 0) is 70.6 Å². The zero-order chi connectivity index (χ0) is 99.4. The molecule has 0 saturated heterocycles. The lowest BCUT2D eigenvalue weighted by molar-refractivity contribution is 0.410. The van der Waals surface area contributed by atoms with Crippen LogP contribution in [0.5, 0.6) is 0 Å². The van der Waals surface area contributed by atoms with Crippen LogP contribution in [0.2, 0.25) is 0 Å². The van der Waals surface area contributed by atoms with Crippen LogP contribution < -0.4 is 26.2 Å². The van der Waals surface area contributed by atoms with Crippen LogP contribution in [0.3, 0.4) is 0 Å². The number of hydrogen-bond donors (Lipinski definition) is 0. The number of nitrogens with zero attached hydrogens (tertiary/aromatic N) is 4. The molecule has 0 unspecified atom stereocenters. The molecule has 716 valence electrons. The van der Waals surface area contributed by atoms with Gasteiger partial charge in [0, 0.05) is 77.9 Å². The second kappa shape index (κ2) is 35.7. The third-order valence-corrected chi connectivity index (χ3v) is 27.2. The van der Waals surface area contributed by atoms with Crippen LogP contribution in [0.4, 0.5) is 34.1 Å². The van der Waals surface area contributed by atoms with E-state index in [9.17, 15) is 0 Å². The Morgan fingerprint density at radius 3 is 0.623 bits per heavy atom. The van der Waals surface area contributed by atoms with Crippen molar-refractivity contribution in [2.75, 3.05) is 9.80 Å². The molecule has 0 saturated carbocycles. The standard InChI is InChI=1S/C133H161BN4/c1-123(2,3)74-85-38-34-42-96(58-85)102-66-93(82-131(25,26)27)67-103(97-43-35-39-86(59-97)75-124(4,5)6)121(102)137-116-72-100(135-112-54-46-89(78-127(13,14)15)62-106(112)107-63-90(47-55-113(107)135)79-128(16,17)18)50-52-110(116)134-111-53-51-101(136-114-56-48-91(80-129(19,20)21)64-108(114)109-65-92(49-57-115(109)136)81-130(22,23)24)73-117(111)138(119-71-95(84-133(31,32)33)70-118(137)120(119)134)122-104(98-44-36-40-87(60-98)76-125(7,8)9)68-94(83-132(28,29)30)69-105(122)99-45-37-41-88(61-99)77-126(10,11)12/h34-73H,74-84H2,1-33H3. The van der Waals surface area contributed by atoms with Crippen molar-refractivity contribution < 1.29 is 0 Å². The zero-order valence-electron chi connectivity index (χ0n) is 90.7. The number of anilines is 6. The van der Waals surface area contributed by atoms with E-state index >= 15 is 0 Å². The van der Waals surface area contributed by atoms with Gasteiger partial charge < -0.3 is 18.9 Å². The third kappa shape index (κ3) is 22.3. The SMILES string of the molecule is CC(C)(C)Cc1cccc(-c2cc(CC(C)(C)C)cc(-c3cccc(CC(C)(C)C)c3)c2N2c3cc(-n4c5ccc(CC(C)(C)C)cc5c5cc(CC(C)(C)C)ccc54)ccc3B3c4ccc(-n5c6ccc(CC(C)(C)C)cc6c6cc(CC(C)(C)C)ccc65)cc4N(c4c(-c5cccc(CC(C)(C)C)c5)cc(CC(C)(C)C)cc4-c4cccc(CC(C)(C)C)c4)c4cc(CC(C)(C)C)cc2c43)c1. The molecule has 13 aromatic carbocycles. The smallest absolute Gasteiger partial charge is 0.252 e. The van der Waals surface area contributed by atoms with Crippen LogP contribution in [0.15, 0.2) is 243 Å². The number of hydrogen-bond acceptors (Lipinski definition) is 2. The van der Waals surface area contributed by atoms with Gasteiger partial charge in [0.25, 0.3) is 6.71 Å². The fourth-order valence-electron chi connectivity index (χ4n) is 23.2. The van der Waals surface area contributed by atoms with Crippen LogP contribution in [0.1, 0.15) is 290 Å². The monoisotopic (exact) mass is 1830 g/mol. The van der Waals surface area contributed by atoms with Gasteiger partial charge in [-0.05, 0) is 339 Å². The molecule has 17 rings (SSSR count). The number of benzene rings is 13. The molecular weight excluding hydrogens is 1660 g/mol. The Kier molecular flexibility index (Phi) is 25.6. The molecule has 2 aliphatic rings. The molecule has 4 nitrogen and oxygen atoms in total. The van der Waals surface area contributed by atoms with Crippen LogP contribution in [-0.4, -0.2) is 15.8 Å². The molecule has 0 spiro atoms. The summed E-state index contributed by atoms with van der Waals surface area (Å²) in [7, 11) is 0. The van der Waals surface area contributed by atoms with Crippen LogP contribution in [0, 0.1) is 59.6 Å². The van der Waals surface area contributed by atoms with E-state index < -0.39 is 0 Å². The molecule has 0 aliphatic carbocycles. The van der Waals surface area contributed by atoms with Gasteiger partial charge in [-0.15, -0.1) is 0 Å². The highest BCUT2D eigenvalue weighted by molar-refractivity contribution is 7.00. The number of aromatic nitrogens is 2. The zero-order valence-corrected chi connectivity index (χ0v) is 90.7. The molecule has 4 heterocycles. The van der Waals surface area contributed by atoms with E-state index in [0.29, 0.717) is 0 Å². The summed E-state index contributed by atoms with van der Waals surface area (Å²) in [5.74, 6) is 0. The Morgan fingerprint density at radius 1 is 0.188 bits per heavy atom. The minimum atomic E-state index is -0.287. The van der Waals surface area contributed by atoms with Crippen molar-refractivity contribution in [1.82, 2.24) is 9.13 Å². The van der Waals surface area contributed by atoms with E-state index in [4.69, 9.17) is 0 Å². The predicted octanol–water partition coefficient (Wildman–Crippen LogP) is 36.1. The summed E-state index contributed by atoms with van der Waals surface area (Å²) in [6.45, 7) is 79.1. The van der Waals surface area contributed by atoms with E-state index in [1.54, 1.807) is 0 Å². The van der Waals surface area contributed by atoms with Crippen molar-refractivity contribution in [3.63, 3.8) is 0 Å². The molecule has 0 fully saturated rings. The summed E-state index contributed by atoms with van der Waals surface area (Å²) >= 11 is 0. The summed E-state index contributed by atoms with van der Waals surface area (Å²) in [4.78, 5) is 5.76. The van der Waals surface area contributed by atoms with Crippen molar-refractivity contribution in [1.29, 1.82) is 0 Å². The van der Waals surface area contributed by atoms with E-state index in [-0.39, 0.29) is 66.3 Å². The first-order valence-corrected chi connectivity index (χ1v) is 52.0. The third-order valence-electron chi connectivity index (χ3n) is 27.2. The lowest BCUT2D eigenvalue weighted by atomic mass is 9.33. The highest BCUT2D eigenvalue weighted by Gasteiger charge is 2.47. The van der Waals surface area contributed by atoms with Gasteiger partial charge in [0.2, 0.25) is 0 Å². The fraction of sp³-hybridized carbons (Fsp3) is 0.414. The van der Waals surface area contributed by atoms with Crippen LogP contribution >= 0.6 is 0 Å². The molecule has 2 aromatic heterocycles. The maximum absolute atomic E-state index is 2.88. The highest BCUT2D eigenvalue weighted by atomic mass is 15.2. The molecule has 15 aromatic rings. The molecule has 0 atom stereocenters. The summed E-state index contributed by atoms with van der Waals surface area (Å²) in [5, 5.41) is 5.19. The first-order chi connectivity index (χ1) is 64.1. The minimum absolute atomic E-state index is 0.0303. The molecule has 2 aliphatic heterocycles. The van der Waals surface area contributed by atoms with Crippen molar-refractivity contribution >= 4 is 101 Å². The Labute approximate surface area is 832 Å². The number of fused-ring (bicyclic) bond motifs is 10. The van der Waals surface area contributed by atoms with Crippen molar-refractivity contribution in [2.24, 2.45) is 59.6 Å². The van der Waals surface area contributed by atoms with E-state index in [2.05, 4.69) is 490 Å². The molecule has 0 amide bonds. The molecule has 0 radical (unpaired) electrons. The van der Waals surface area contributed by atoms with Crippen molar-refractivity contribution in [3.05, 3.63) is 304 Å². The van der Waals surface area contributed by atoms with Crippen molar-refractivity contribution in [2.45, 2.75) is 299 Å².